The molecule has 1 saturated carbocycles. The Morgan fingerprint density at radius 1 is 0.778 bits per heavy atom. The predicted molar refractivity (Wildman–Crippen MR) is 91.7 cm³/mol. The third-order valence-electron chi connectivity index (χ3n) is 5.07. The number of rotatable bonds is 4. The summed E-state index contributed by atoms with van der Waals surface area (Å²) in [4.78, 5) is 24.1. The van der Waals surface area contributed by atoms with E-state index in [9.17, 15) is 35.1 Å². The highest BCUT2D eigenvalue weighted by Gasteiger charge is 2.59. The van der Waals surface area contributed by atoms with Crippen molar-refractivity contribution in [3.63, 3.8) is 0 Å². The first-order valence-corrected chi connectivity index (χ1v) is 8.10. The molecule has 5 N–H and O–H groups in total. The van der Waals surface area contributed by atoms with E-state index < -0.39 is 47.1 Å². The predicted octanol–water partition coefficient (Wildman–Crippen LogP) is 1.88. The fourth-order valence-electron chi connectivity index (χ4n) is 3.81. The van der Waals surface area contributed by atoms with E-state index in [-0.39, 0.29) is 11.5 Å². The lowest BCUT2D eigenvalue weighted by molar-refractivity contribution is -0.166. The summed E-state index contributed by atoms with van der Waals surface area (Å²) in [6.45, 7) is 0. The molecule has 0 aliphatic heterocycles. The van der Waals surface area contributed by atoms with Crippen molar-refractivity contribution < 1.29 is 39.9 Å². The molecule has 4 atom stereocenters. The number of carbonyl (C=O) groups is 2. The summed E-state index contributed by atoms with van der Waals surface area (Å²) >= 11 is 0. The van der Waals surface area contributed by atoms with E-state index in [1.165, 1.54) is 36.4 Å². The second kappa shape index (κ2) is 6.71. The molecular weight excluding hydrogens is 356 g/mol. The highest BCUT2D eigenvalue weighted by Crippen LogP contribution is 2.59. The molecule has 2 aromatic carbocycles. The van der Waals surface area contributed by atoms with E-state index in [1.54, 1.807) is 0 Å². The average Bonchev–Trinajstić information content (AvgIpc) is 2.59. The maximum Gasteiger partial charge on any atom is 0.310 e. The van der Waals surface area contributed by atoms with Gasteiger partial charge in [0.05, 0.1) is 18.9 Å². The Labute approximate surface area is 153 Å². The van der Waals surface area contributed by atoms with Crippen LogP contribution in [0.15, 0.2) is 36.4 Å². The van der Waals surface area contributed by atoms with Crippen LogP contribution in [-0.2, 0) is 14.3 Å². The number of phenolic OH excluding ortho intramolecular Hbond substituents is 4. The number of aromatic hydroxyl groups is 4. The quantitative estimate of drug-likeness (QED) is 0.403. The van der Waals surface area contributed by atoms with Gasteiger partial charge in [0.15, 0.2) is 23.0 Å². The van der Waals surface area contributed by atoms with Crippen LogP contribution in [0.2, 0.25) is 0 Å². The van der Waals surface area contributed by atoms with Gasteiger partial charge in [-0.25, -0.2) is 0 Å². The molecule has 0 spiro atoms. The Morgan fingerprint density at radius 2 is 1.22 bits per heavy atom. The van der Waals surface area contributed by atoms with E-state index in [4.69, 9.17) is 4.74 Å². The smallest absolute Gasteiger partial charge is 0.310 e. The molecular formula is C19H18O8. The monoisotopic (exact) mass is 374 g/mol. The lowest BCUT2D eigenvalue weighted by atomic mass is 9.52. The normalized spacial score (nSPS) is 24.0. The lowest BCUT2D eigenvalue weighted by Gasteiger charge is -2.49. The van der Waals surface area contributed by atoms with Crippen LogP contribution in [0, 0.1) is 11.8 Å². The van der Waals surface area contributed by atoms with Gasteiger partial charge in [0.25, 0.3) is 0 Å². The van der Waals surface area contributed by atoms with Gasteiger partial charge in [-0.2, -0.15) is 0 Å². The zero-order valence-corrected chi connectivity index (χ0v) is 14.2. The maximum atomic E-state index is 12.3. The van der Waals surface area contributed by atoms with Crippen LogP contribution in [-0.4, -0.2) is 44.6 Å². The SMILES string of the molecule is COC(=O)[C@@H]1[C@@H](C(=O)O)[C@H](c2ccc(O)c(O)c2)[C@H]1c1ccc(O)c(O)c1. The molecule has 2 aromatic rings. The van der Waals surface area contributed by atoms with Crippen molar-refractivity contribution in [3.05, 3.63) is 47.5 Å². The second-order valence-corrected chi connectivity index (χ2v) is 6.46. The molecule has 0 bridgehead atoms. The number of phenols is 4. The Bertz CT molecular complexity index is 907. The number of aliphatic carboxylic acids is 1. The second-order valence-electron chi connectivity index (χ2n) is 6.46. The molecule has 3 rings (SSSR count). The summed E-state index contributed by atoms with van der Waals surface area (Å²) in [7, 11) is 1.16. The molecule has 142 valence electrons. The van der Waals surface area contributed by atoms with Gasteiger partial charge >= 0.3 is 11.9 Å². The lowest BCUT2D eigenvalue weighted by Crippen LogP contribution is -2.51. The largest absolute Gasteiger partial charge is 0.504 e. The van der Waals surface area contributed by atoms with Crippen molar-refractivity contribution in [3.8, 4) is 23.0 Å². The van der Waals surface area contributed by atoms with E-state index in [0.29, 0.717) is 11.1 Å². The number of carboxylic acid groups (broad SMARTS) is 1. The summed E-state index contributed by atoms with van der Waals surface area (Å²) in [5.74, 6) is -6.96. The third-order valence-corrected chi connectivity index (χ3v) is 5.07. The van der Waals surface area contributed by atoms with Gasteiger partial charge in [0.2, 0.25) is 0 Å². The first kappa shape index (κ1) is 18.4. The van der Waals surface area contributed by atoms with Gasteiger partial charge in [0.1, 0.15) is 0 Å². The van der Waals surface area contributed by atoms with Crippen molar-refractivity contribution in [2.75, 3.05) is 7.11 Å². The van der Waals surface area contributed by atoms with Crippen LogP contribution >= 0.6 is 0 Å². The molecule has 1 aliphatic carbocycles. The van der Waals surface area contributed by atoms with Crippen LogP contribution in [0.3, 0.4) is 0 Å². The Morgan fingerprint density at radius 3 is 1.59 bits per heavy atom. The van der Waals surface area contributed by atoms with Gasteiger partial charge in [-0.15, -0.1) is 0 Å². The van der Waals surface area contributed by atoms with Crippen molar-refractivity contribution in [2.45, 2.75) is 11.8 Å². The highest BCUT2D eigenvalue weighted by molar-refractivity contribution is 5.86. The summed E-state index contributed by atoms with van der Waals surface area (Å²) in [5, 5.41) is 48.3. The molecule has 8 heteroatoms. The molecule has 0 amide bonds. The van der Waals surface area contributed by atoms with Crippen LogP contribution < -0.4 is 0 Å². The number of carboxylic acids is 1. The van der Waals surface area contributed by atoms with E-state index in [1.807, 2.05) is 0 Å². The molecule has 8 nitrogen and oxygen atoms in total. The van der Waals surface area contributed by atoms with E-state index in [0.717, 1.165) is 7.11 Å². The Kier molecular flexibility index (Phi) is 4.57. The van der Waals surface area contributed by atoms with Gasteiger partial charge < -0.3 is 30.3 Å². The van der Waals surface area contributed by atoms with Crippen LogP contribution in [0.5, 0.6) is 23.0 Å². The molecule has 0 heterocycles. The molecule has 1 aliphatic rings. The van der Waals surface area contributed by atoms with E-state index >= 15 is 0 Å². The number of ether oxygens (including phenoxy) is 1. The van der Waals surface area contributed by atoms with Crippen molar-refractivity contribution in [1.29, 1.82) is 0 Å². The van der Waals surface area contributed by atoms with Crippen molar-refractivity contribution >= 4 is 11.9 Å². The standard InChI is InChI=1S/C19H18O8/c1-27-19(26)17-15(9-3-5-11(21)13(23)7-9)14(16(17)18(24)25)8-2-4-10(20)12(22)6-8/h2-7,14-17,20-23H,1H3,(H,24,25)/t14-,15-,16+,17+/m1/s1. The third kappa shape index (κ3) is 2.99. The fraction of sp³-hybridized carbons (Fsp3) is 0.263. The van der Waals surface area contributed by atoms with Gasteiger partial charge in [-0.05, 0) is 35.4 Å². The summed E-state index contributed by atoms with van der Waals surface area (Å²) < 4.78 is 4.76. The molecule has 1 fully saturated rings. The zero-order valence-electron chi connectivity index (χ0n) is 14.2. The molecule has 0 saturated heterocycles. The molecule has 0 radical (unpaired) electrons. The van der Waals surface area contributed by atoms with Gasteiger partial charge in [-0.3, -0.25) is 9.59 Å². The number of esters is 1. The minimum Gasteiger partial charge on any atom is -0.504 e. The van der Waals surface area contributed by atoms with E-state index in [2.05, 4.69) is 0 Å². The Balaban J connectivity index is 2.13. The molecule has 27 heavy (non-hydrogen) atoms. The topological polar surface area (TPSA) is 145 Å². The minimum atomic E-state index is -1.21. The summed E-state index contributed by atoms with van der Waals surface area (Å²) in [6.07, 6.45) is 0. The van der Waals surface area contributed by atoms with Gasteiger partial charge in [0, 0.05) is 11.8 Å². The number of carbonyl (C=O) groups excluding carboxylic acids is 1. The minimum absolute atomic E-state index is 0.346. The van der Waals surface area contributed by atoms with Crippen LogP contribution in [0.4, 0.5) is 0 Å². The number of hydrogen-bond donors (Lipinski definition) is 5. The summed E-state index contributed by atoms with van der Waals surface area (Å²) in [5.41, 5.74) is 0.853. The van der Waals surface area contributed by atoms with Crippen molar-refractivity contribution in [1.82, 2.24) is 0 Å². The first-order valence-electron chi connectivity index (χ1n) is 8.10. The number of methoxy groups -OCH3 is 1. The number of hydrogen-bond acceptors (Lipinski definition) is 7. The molecule has 0 aromatic heterocycles. The first-order chi connectivity index (χ1) is 12.8. The van der Waals surface area contributed by atoms with Crippen LogP contribution in [0.1, 0.15) is 23.0 Å². The van der Waals surface area contributed by atoms with Crippen LogP contribution in [0.25, 0.3) is 0 Å². The van der Waals surface area contributed by atoms with Gasteiger partial charge in [-0.1, -0.05) is 12.1 Å². The van der Waals surface area contributed by atoms with Crippen molar-refractivity contribution in [2.24, 2.45) is 11.8 Å². The zero-order chi connectivity index (χ0) is 19.9. The maximum absolute atomic E-state index is 12.3. The Hall–Kier alpha value is -3.42. The summed E-state index contributed by atoms with van der Waals surface area (Å²) in [6, 6.07) is 7.95. The molecule has 0 unspecified atom stereocenters. The fourth-order valence-corrected chi connectivity index (χ4v) is 3.81. The number of benzene rings is 2. The highest BCUT2D eigenvalue weighted by atomic mass is 16.5. The average molecular weight is 374 g/mol.